The Balaban J connectivity index is 2.94. The van der Waals surface area contributed by atoms with Gasteiger partial charge >= 0.3 is 0 Å². The molecule has 2 aromatic rings. The summed E-state index contributed by atoms with van der Waals surface area (Å²) >= 11 is 0. The molecule has 1 aromatic heterocycles. The molecule has 0 saturated heterocycles. The van der Waals surface area contributed by atoms with Crippen molar-refractivity contribution < 1.29 is 0 Å². The summed E-state index contributed by atoms with van der Waals surface area (Å²) in [5, 5.41) is 2.02. The van der Waals surface area contributed by atoms with Crippen molar-refractivity contribution in [1.29, 1.82) is 0 Å². The average Bonchev–Trinajstić information content (AvgIpc) is 2.29. The molecule has 0 spiro atoms. The summed E-state index contributed by atoms with van der Waals surface area (Å²) in [5.41, 5.74) is -0.203. The van der Waals surface area contributed by atoms with E-state index in [1.54, 1.807) is 12.3 Å². The van der Waals surface area contributed by atoms with Gasteiger partial charge in [0.2, 0.25) is 0 Å². The Morgan fingerprint density at radius 2 is 1.67 bits per heavy atom. The number of aromatic nitrogens is 1. The van der Waals surface area contributed by atoms with Crippen LogP contribution in [-0.2, 0) is 0 Å². The van der Waals surface area contributed by atoms with Gasteiger partial charge < -0.3 is 0 Å². The average molecular weight is 157 g/mol. The van der Waals surface area contributed by atoms with E-state index in [4.69, 9.17) is 0 Å². The molecular formula is C10H7NO. The van der Waals surface area contributed by atoms with E-state index in [0.29, 0.717) is 0 Å². The predicted octanol–water partition coefficient (Wildman–Crippen LogP) is 1.59. The summed E-state index contributed by atoms with van der Waals surface area (Å²) in [6, 6.07) is 11.0. The maximum absolute atomic E-state index is 10.9. The van der Waals surface area contributed by atoms with Gasteiger partial charge in [-0.2, -0.15) is 0 Å². The minimum atomic E-state index is -0.203. The van der Waals surface area contributed by atoms with Gasteiger partial charge in [0.25, 0.3) is 5.56 Å². The molecule has 0 aliphatic rings. The summed E-state index contributed by atoms with van der Waals surface area (Å²) in [6.45, 7) is 0. The second kappa shape index (κ2) is 2.74. The van der Waals surface area contributed by atoms with Gasteiger partial charge in [0.1, 0.15) is 0 Å². The lowest BCUT2D eigenvalue weighted by Crippen LogP contribution is -1.96. The first-order chi connectivity index (χ1) is 5.86. The largest absolute Gasteiger partial charge is 0.269 e. The Morgan fingerprint density at radius 3 is 2.50 bits per heavy atom. The van der Waals surface area contributed by atoms with E-state index in [-0.39, 0.29) is 5.56 Å². The second-order valence-electron chi connectivity index (χ2n) is 2.56. The van der Waals surface area contributed by atoms with Crippen LogP contribution < -0.4 is 5.56 Å². The normalized spacial score (nSPS) is 10.0. The summed E-state index contributed by atoms with van der Waals surface area (Å²) in [7, 11) is 0. The molecule has 0 radical (unpaired) electrons. The zero-order valence-corrected chi connectivity index (χ0v) is 6.40. The van der Waals surface area contributed by atoms with Crippen LogP contribution in [0.3, 0.4) is 0 Å². The van der Waals surface area contributed by atoms with Crippen LogP contribution >= 0.6 is 0 Å². The van der Waals surface area contributed by atoms with E-state index in [9.17, 15) is 4.79 Å². The van der Waals surface area contributed by atoms with Gasteiger partial charge in [-0.1, -0.05) is 24.3 Å². The highest BCUT2D eigenvalue weighted by Crippen LogP contribution is 2.08. The van der Waals surface area contributed by atoms with Gasteiger partial charge in [-0.15, -0.1) is 0 Å². The molecule has 2 nitrogen and oxygen atoms in total. The third kappa shape index (κ3) is 1.19. The molecule has 1 heterocycles. The highest BCUT2D eigenvalue weighted by atomic mass is 16.1. The number of nitrogens with zero attached hydrogens (tertiary/aromatic N) is 1. The van der Waals surface area contributed by atoms with E-state index in [1.807, 2.05) is 24.3 Å². The maximum Gasteiger partial charge on any atom is 0.269 e. The fraction of sp³-hybridized carbons (Fsp3) is 0. The topological polar surface area (TPSA) is 30.0 Å². The SMILES string of the molecule is O=c1ccc2ccccc2cn1. The highest BCUT2D eigenvalue weighted by molar-refractivity contribution is 5.80. The molecule has 0 aliphatic heterocycles. The van der Waals surface area contributed by atoms with Crippen LogP contribution in [0.25, 0.3) is 10.8 Å². The number of rotatable bonds is 0. The Morgan fingerprint density at radius 1 is 0.917 bits per heavy atom. The van der Waals surface area contributed by atoms with E-state index in [2.05, 4.69) is 4.98 Å². The van der Waals surface area contributed by atoms with Crippen molar-refractivity contribution in [2.75, 3.05) is 0 Å². The molecule has 0 unspecified atom stereocenters. The molecule has 0 aliphatic carbocycles. The summed E-state index contributed by atoms with van der Waals surface area (Å²) in [5.74, 6) is 0. The summed E-state index contributed by atoms with van der Waals surface area (Å²) in [4.78, 5) is 14.6. The molecule has 2 heteroatoms. The van der Waals surface area contributed by atoms with Crippen molar-refractivity contribution in [3.63, 3.8) is 0 Å². The van der Waals surface area contributed by atoms with E-state index >= 15 is 0 Å². The molecule has 0 atom stereocenters. The van der Waals surface area contributed by atoms with Crippen molar-refractivity contribution >= 4 is 10.8 Å². The Labute approximate surface area is 69.5 Å². The molecule has 12 heavy (non-hydrogen) atoms. The zero-order valence-electron chi connectivity index (χ0n) is 6.40. The zero-order chi connectivity index (χ0) is 8.39. The maximum atomic E-state index is 10.9. The Hall–Kier alpha value is -1.70. The van der Waals surface area contributed by atoms with Crippen molar-refractivity contribution in [1.82, 2.24) is 4.98 Å². The number of fused-ring (bicyclic) bond motifs is 1. The summed E-state index contributed by atoms with van der Waals surface area (Å²) in [6.07, 6.45) is 1.59. The first-order valence-corrected chi connectivity index (χ1v) is 3.71. The Bertz CT molecular complexity index is 424. The highest BCUT2D eigenvalue weighted by Gasteiger charge is 1.88. The van der Waals surface area contributed by atoms with Gasteiger partial charge in [-0.25, -0.2) is 4.98 Å². The molecule has 0 N–H and O–H groups in total. The molecule has 0 fully saturated rings. The van der Waals surface area contributed by atoms with Crippen LogP contribution in [0.2, 0.25) is 0 Å². The molecule has 0 amide bonds. The van der Waals surface area contributed by atoms with Crippen molar-refractivity contribution in [2.24, 2.45) is 0 Å². The van der Waals surface area contributed by atoms with Gasteiger partial charge in [0, 0.05) is 17.6 Å². The lowest BCUT2D eigenvalue weighted by Gasteiger charge is -1.86. The lowest BCUT2D eigenvalue weighted by molar-refractivity contribution is 1.28. The van der Waals surface area contributed by atoms with Gasteiger partial charge in [-0.3, -0.25) is 4.79 Å². The predicted molar refractivity (Wildman–Crippen MR) is 48.0 cm³/mol. The fourth-order valence-electron chi connectivity index (χ4n) is 1.12. The molecule has 0 saturated carbocycles. The minimum absolute atomic E-state index is 0.203. The van der Waals surface area contributed by atoms with Crippen molar-refractivity contribution in [3.8, 4) is 0 Å². The van der Waals surface area contributed by atoms with Gasteiger partial charge in [-0.05, 0) is 11.5 Å². The standard InChI is InChI=1S/C10H7NO/c12-10-6-5-8-3-1-2-4-9(8)7-11-10/h1-7H. The molecular weight excluding hydrogens is 150 g/mol. The second-order valence-corrected chi connectivity index (χ2v) is 2.56. The van der Waals surface area contributed by atoms with E-state index in [1.165, 1.54) is 6.07 Å². The first-order valence-electron chi connectivity index (χ1n) is 3.71. The quantitative estimate of drug-likeness (QED) is 0.581. The molecule has 58 valence electrons. The third-order valence-electron chi connectivity index (χ3n) is 1.73. The Kier molecular flexibility index (Phi) is 1.59. The van der Waals surface area contributed by atoms with Crippen LogP contribution in [0.5, 0.6) is 0 Å². The third-order valence-corrected chi connectivity index (χ3v) is 1.73. The minimum Gasteiger partial charge on any atom is -0.267 e. The van der Waals surface area contributed by atoms with E-state index < -0.39 is 0 Å². The van der Waals surface area contributed by atoms with Crippen LogP contribution in [0.15, 0.2) is 47.4 Å². The number of hydrogen-bond donors (Lipinski definition) is 0. The van der Waals surface area contributed by atoms with Crippen LogP contribution in [-0.4, -0.2) is 4.98 Å². The molecule has 1 aromatic carbocycles. The molecule has 2 rings (SSSR count). The smallest absolute Gasteiger partial charge is 0.267 e. The van der Waals surface area contributed by atoms with Crippen LogP contribution in [0.1, 0.15) is 0 Å². The molecule has 0 bridgehead atoms. The lowest BCUT2D eigenvalue weighted by atomic mass is 10.2. The van der Waals surface area contributed by atoms with Crippen molar-refractivity contribution in [2.45, 2.75) is 0 Å². The number of hydrogen-bond acceptors (Lipinski definition) is 2. The van der Waals surface area contributed by atoms with Gasteiger partial charge in [0.15, 0.2) is 0 Å². The van der Waals surface area contributed by atoms with Crippen LogP contribution in [0, 0.1) is 0 Å². The number of benzene rings is 1. The van der Waals surface area contributed by atoms with Crippen molar-refractivity contribution in [3.05, 3.63) is 52.9 Å². The van der Waals surface area contributed by atoms with Gasteiger partial charge in [0.05, 0.1) is 0 Å². The summed E-state index contributed by atoms with van der Waals surface area (Å²) < 4.78 is 0. The van der Waals surface area contributed by atoms with Crippen LogP contribution in [0.4, 0.5) is 0 Å². The first kappa shape index (κ1) is 6.98. The fourth-order valence-corrected chi connectivity index (χ4v) is 1.12. The monoisotopic (exact) mass is 157 g/mol. The van der Waals surface area contributed by atoms with E-state index in [0.717, 1.165) is 10.8 Å².